The fourth-order valence-corrected chi connectivity index (χ4v) is 3.23. The highest BCUT2D eigenvalue weighted by atomic mass is 15.4. The molecule has 4 rings (SSSR count). The van der Waals surface area contributed by atoms with Crippen molar-refractivity contribution in [3.8, 4) is 6.07 Å². The number of hydrogen-bond acceptors (Lipinski definition) is 5. The van der Waals surface area contributed by atoms with Gasteiger partial charge in [-0.1, -0.05) is 30.3 Å². The monoisotopic (exact) mass is 304 g/mol. The maximum atomic E-state index is 9.76. The second-order valence-electron chi connectivity index (χ2n) is 5.87. The largest absolute Gasteiger partial charge is 0.355 e. The van der Waals surface area contributed by atoms with E-state index in [1.54, 1.807) is 10.8 Å². The zero-order valence-corrected chi connectivity index (χ0v) is 12.6. The van der Waals surface area contributed by atoms with Crippen LogP contribution in [-0.4, -0.2) is 32.9 Å². The van der Waals surface area contributed by atoms with Crippen LogP contribution in [0.4, 0.5) is 5.82 Å². The van der Waals surface area contributed by atoms with E-state index in [-0.39, 0.29) is 0 Å². The molecule has 114 valence electrons. The summed E-state index contributed by atoms with van der Waals surface area (Å²) in [6.45, 7) is 1.62. The van der Waals surface area contributed by atoms with Crippen LogP contribution in [0.5, 0.6) is 0 Å². The van der Waals surface area contributed by atoms with E-state index in [1.165, 1.54) is 0 Å². The van der Waals surface area contributed by atoms with Crippen LogP contribution in [0.15, 0.2) is 48.8 Å². The van der Waals surface area contributed by atoms with E-state index in [2.05, 4.69) is 38.4 Å². The van der Waals surface area contributed by atoms with Gasteiger partial charge >= 0.3 is 0 Å². The Morgan fingerprint density at radius 1 is 1.04 bits per heavy atom. The van der Waals surface area contributed by atoms with Crippen LogP contribution in [0.25, 0.3) is 5.65 Å². The first-order valence-corrected chi connectivity index (χ1v) is 7.70. The van der Waals surface area contributed by atoms with Crippen LogP contribution in [0.2, 0.25) is 0 Å². The van der Waals surface area contributed by atoms with Crippen molar-refractivity contribution in [2.75, 3.05) is 18.0 Å². The average molecular weight is 304 g/mol. The van der Waals surface area contributed by atoms with Crippen LogP contribution >= 0.6 is 0 Å². The molecule has 0 atom stereocenters. The van der Waals surface area contributed by atoms with Crippen LogP contribution < -0.4 is 4.90 Å². The highest BCUT2D eigenvalue weighted by molar-refractivity contribution is 5.46. The summed E-state index contributed by atoms with van der Waals surface area (Å²) >= 11 is 0. The van der Waals surface area contributed by atoms with Crippen molar-refractivity contribution in [1.82, 2.24) is 19.8 Å². The lowest BCUT2D eigenvalue weighted by Crippen LogP contribution is -2.42. The predicted octanol–water partition coefficient (Wildman–Crippen LogP) is 2.19. The van der Waals surface area contributed by atoms with Crippen molar-refractivity contribution in [3.63, 3.8) is 0 Å². The first kappa shape index (κ1) is 13.7. The molecular weight excluding hydrogens is 288 g/mol. The molecule has 1 aromatic carbocycles. The average Bonchev–Trinajstić information content (AvgIpc) is 3.10. The van der Waals surface area contributed by atoms with Crippen LogP contribution in [-0.2, 0) is 5.41 Å². The van der Waals surface area contributed by atoms with Gasteiger partial charge in [0, 0.05) is 13.1 Å². The van der Waals surface area contributed by atoms with Gasteiger partial charge in [0.15, 0.2) is 5.65 Å². The highest BCUT2D eigenvalue weighted by Gasteiger charge is 2.36. The Kier molecular flexibility index (Phi) is 3.19. The van der Waals surface area contributed by atoms with Crippen molar-refractivity contribution in [2.45, 2.75) is 18.3 Å². The van der Waals surface area contributed by atoms with Crippen molar-refractivity contribution in [2.24, 2.45) is 0 Å². The molecular formula is C17H16N6. The molecule has 0 aliphatic carbocycles. The van der Waals surface area contributed by atoms with Crippen molar-refractivity contribution >= 4 is 11.5 Å². The highest BCUT2D eigenvalue weighted by Crippen LogP contribution is 2.35. The van der Waals surface area contributed by atoms with Gasteiger partial charge < -0.3 is 4.90 Å². The molecule has 6 heteroatoms. The molecule has 1 saturated heterocycles. The van der Waals surface area contributed by atoms with E-state index in [0.717, 1.165) is 43.0 Å². The van der Waals surface area contributed by atoms with E-state index >= 15 is 0 Å². The molecule has 3 aromatic rings. The summed E-state index contributed by atoms with van der Waals surface area (Å²) in [5.41, 5.74) is 1.46. The van der Waals surface area contributed by atoms with E-state index in [4.69, 9.17) is 0 Å². The number of hydrogen-bond donors (Lipinski definition) is 0. The van der Waals surface area contributed by atoms with Crippen molar-refractivity contribution in [1.29, 1.82) is 5.26 Å². The molecule has 0 radical (unpaired) electrons. The molecule has 0 N–H and O–H groups in total. The standard InChI is InChI=1S/C17H16N6/c18-12-17(14-4-2-1-3-5-14)8-10-22(11-9-17)16-7-6-15-20-19-13-23(15)21-16/h1-7,13H,8-11H2. The first-order chi connectivity index (χ1) is 11.3. The van der Waals surface area contributed by atoms with Gasteiger partial charge in [0.25, 0.3) is 0 Å². The minimum Gasteiger partial charge on any atom is -0.355 e. The number of anilines is 1. The third-order valence-electron chi connectivity index (χ3n) is 4.63. The number of nitriles is 1. The SMILES string of the molecule is N#CC1(c2ccccc2)CCN(c2ccc3nncn3n2)CC1. The molecule has 2 aromatic heterocycles. The Labute approximate surface area is 134 Å². The number of rotatable bonds is 2. The smallest absolute Gasteiger partial charge is 0.177 e. The van der Waals surface area contributed by atoms with Crippen molar-refractivity contribution in [3.05, 3.63) is 54.4 Å². The zero-order chi connectivity index (χ0) is 15.7. The Morgan fingerprint density at radius 2 is 1.83 bits per heavy atom. The minimum atomic E-state index is -0.390. The van der Waals surface area contributed by atoms with Gasteiger partial charge in [-0.3, -0.25) is 0 Å². The fraction of sp³-hybridized carbons (Fsp3) is 0.294. The first-order valence-electron chi connectivity index (χ1n) is 7.70. The molecule has 0 bridgehead atoms. The zero-order valence-electron chi connectivity index (χ0n) is 12.6. The van der Waals surface area contributed by atoms with Crippen molar-refractivity contribution < 1.29 is 0 Å². The molecule has 23 heavy (non-hydrogen) atoms. The van der Waals surface area contributed by atoms with Gasteiger partial charge in [-0.05, 0) is 30.5 Å². The second-order valence-corrected chi connectivity index (χ2v) is 5.87. The lowest BCUT2D eigenvalue weighted by atomic mass is 9.74. The number of fused-ring (bicyclic) bond motifs is 1. The van der Waals surface area contributed by atoms with Crippen LogP contribution in [0.1, 0.15) is 18.4 Å². The topological polar surface area (TPSA) is 70.1 Å². The van der Waals surface area contributed by atoms with Gasteiger partial charge in [-0.25, -0.2) is 0 Å². The number of benzene rings is 1. The Balaban J connectivity index is 1.57. The molecule has 1 aliphatic heterocycles. The molecule has 6 nitrogen and oxygen atoms in total. The third kappa shape index (κ3) is 2.30. The summed E-state index contributed by atoms with van der Waals surface area (Å²) in [5, 5.41) is 22.1. The summed E-state index contributed by atoms with van der Waals surface area (Å²) < 4.78 is 1.68. The Bertz CT molecular complexity index is 855. The van der Waals surface area contributed by atoms with E-state index in [0.29, 0.717) is 0 Å². The molecule has 1 aliphatic rings. The third-order valence-corrected chi connectivity index (χ3v) is 4.63. The maximum Gasteiger partial charge on any atom is 0.177 e. The molecule has 0 spiro atoms. The summed E-state index contributed by atoms with van der Waals surface area (Å²) in [5.74, 6) is 0.900. The molecule has 1 fully saturated rings. The molecule has 0 saturated carbocycles. The Morgan fingerprint density at radius 3 is 2.57 bits per heavy atom. The summed E-state index contributed by atoms with van der Waals surface area (Å²) in [6.07, 6.45) is 3.21. The Hall–Kier alpha value is -2.94. The number of aromatic nitrogens is 4. The second kappa shape index (κ2) is 5.36. The normalized spacial score (nSPS) is 17.1. The molecule has 0 unspecified atom stereocenters. The fourth-order valence-electron chi connectivity index (χ4n) is 3.23. The minimum absolute atomic E-state index is 0.390. The number of piperidine rings is 1. The number of nitrogens with zero attached hydrogens (tertiary/aromatic N) is 6. The van der Waals surface area contributed by atoms with Gasteiger partial charge in [-0.2, -0.15) is 9.78 Å². The van der Waals surface area contributed by atoms with E-state index in [1.807, 2.05) is 30.3 Å². The molecule has 3 heterocycles. The lowest BCUT2D eigenvalue weighted by molar-refractivity contribution is 0.413. The van der Waals surface area contributed by atoms with E-state index in [9.17, 15) is 5.26 Å². The summed E-state index contributed by atoms with van der Waals surface area (Å²) in [6, 6.07) is 16.5. The van der Waals surface area contributed by atoms with Gasteiger partial charge in [0.1, 0.15) is 12.1 Å². The van der Waals surface area contributed by atoms with Gasteiger partial charge in [0.05, 0.1) is 11.5 Å². The predicted molar refractivity (Wildman–Crippen MR) is 86.0 cm³/mol. The van der Waals surface area contributed by atoms with Crippen LogP contribution in [0, 0.1) is 11.3 Å². The maximum absolute atomic E-state index is 9.76. The quantitative estimate of drug-likeness (QED) is 0.726. The van der Waals surface area contributed by atoms with Gasteiger partial charge in [-0.15, -0.1) is 15.3 Å². The lowest BCUT2D eigenvalue weighted by Gasteiger charge is -2.38. The summed E-state index contributed by atoms with van der Waals surface area (Å²) in [4.78, 5) is 2.22. The molecule has 0 amide bonds. The van der Waals surface area contributed by atoms with Crippen LogP contribution in [0.3, 0.4) is 0 Å². The van der Waals surface area contributed by atoms with Gasteiger partial charge in [0.2, 0.25) is 0 Å². The summed E-state index contributed by atoms with van der Waals surface area (Å²) in [7, 11) is 0. The van der Waals surface area contributed by atoms with E-state index < -0.39 is 5.41 Å².